The minimum absolute atomic E-state index is 0.110. The summed E-state index contributed by atoms with van der Waals surface area (Å²) in [4.78, 5) is 12.9. The molecule has 0 radical (unpaired) electrons. The van der Waals surface area contributed by atoms with Gasteiger partial charge in [0, 0.05) is 24.7 Å². The molecule has 0 saturated carbocycles. The first-order chi connectivity index (χ1) is 15.8. The van der Waals surface area contributed by atoms with E-state index in [4.69, 9.17) is 5.26 Å². The SMILES string of the molecule is Cc1nnnn1-c1cc(NC(=O)C2CCN(S(=O)(=O)c3ccc(C#N)cc3)CC2)ccc1F. The number of hydrogen-bond acceptors (Lipinski definition) is 7. The van der Waals surface area contributed by atoms with Gasteiger partial charge < -0.3 is 5.32 Å². The number of nitrogens with zero attached hydrogens (tertiary/aromatic N) is 6. The number of halogens is 1. The average molecular weight is 470 g/mol. The topological polar surface area (TPSA) is 134 Å². The number of carbonyl (C=O) groups is 1. The predicted octanol–water partition coefficient (Wildman–Crippen LogP) is 2.02. The van der Waals surface area contributed by atoms with E-state index in [1.54, 1.807) is 6.92 Å². The molecule has 0 atom stereocenters. The van der Waals surface area contributed by atoms with Crippen molar-refractivity contribution in [1.82, 2.24) is 24.5 Å². The lowest BCUT2D eigenvalue weighted by atomic mass is 9.97. The average Bonchev–Trinajstić information content (AvgIpc) is 3.26. The van der Waals surface area contributed by atoms with Gasteiger partial charge in [-0.2, -0.15) is 14.2 Å². The predicted molar refractivity (Wildman–Crippen MR) is 115 cm³/mol. The highest BCUT2D eigenvalue weighted by atomic mass is 32.2. The van der Waals surface area contributed by atoms with Gasteiger partial charge in [0.2, 0.25) is 15.9 Å². The minimum atomic E-state index is -3.71. The highest BCUT2D eigenvalue weighted by Crippen LogP contribution is 2.26. The number of aryl methyl sites for hydroxylation is 1. The fourth-order valence-electron chi connectivity index (χ4n) is 3.66. The second-order valence-corrected chi connectivity index (χ2v) is 9.55. The molecule has 33 heavy (non-hydrogen) atoms. The van der Waals surface area contributed by atoms with Gasteiger partial charge in [0.1, 0.15) is 11.5 Å². The molecular weight excluding hydrogens is 449 g/mol. The summed E-state index contributed by atoms with van der Waals surface area (Å²) in [5.41, 5.74) is 0.876. The van der Waals surface area contributed by atoms with E-state index in [1.807, 2.05) is 6.07 Å². The molecule has 1 saturated heterocycles. The van der Waals surface area contributed by atoms with Crippen molar-refractivity contribution in [2.75, 3.05) is 18.4 Å². The van der Waals surface area contributed by atoms with Crippen LogP contribution in [0, 0.1) is 30.0 Å². The summed E-state index contributed by atoms with van der Waals surface area (Å²) in [6.45, 7) is 2.02. The molecule has 12 heteroatoms. The lowest BCUT2D eigenvalue weighted by Gasteiger charge is -2.30. The molecule has 0 bridgehead atoms. The number of rotatable bonds is 5. The molecule has 10 nitrogen and oxygen atoms in total. The molecule has 0 unspecified atom stereocenters. The first kappa shape index (κ1) is 22.5. The van der Waals surface area contributed by atoms with Crippen molar-refractivity contribution in [1.29, 1.82) is 5.26 Å². The summed E-state index contributed by atoms with van der Waals surface area (Å²) in [5, 5.41) is 22.6. The lowest BCUT2D eigenvalue weighted by molar-refractivity contribution is -0.120. The van der Waals surface area contributed by atoms with E-state index in [2.05, 4.69) is 20.8 Å². The van der Waals surface area contributed by atoms with Crippen molar-refractivity contribution in [2.24, 2.45) is 5.92 Å². The Kier molecular flexibility index (Phi) is 6.17. The number of piperidine rings is 1. The normalized spacial score (nSPS) is 15.2. The number of tetrazole rings is 1. The van der Waals surface area contributed by atoms with Crippen LogP contribution in [-0.4, -0.2) is 51.9 Å². The van der Waals surface area contributed by atoms with Gasteiger partial charge in [-0.3, -0.25) is 4.79 Å². The third-order valence-electron chi connectivity index (χ3n) is 5.51. The molecular formula is C21H20FN7O3S. The Morgan fingerprint density at radius 2 is 1.88 bits per heavy atom. The molecule has 3 aromatic rings. The van der Waals surface area contributed by atoms with E-state index in [1.165, 1.54) is 51.5 Å². The van der Waals surface area contributed by atoms with Crippen LogP contribution in [0.5, 0.6) is 0 Å². The maximum atomic E-state index is 14.2. The van der Waals surface area contributed by atoms with Crippen LogP contribution in [0.3, 0.4) is 0 Å². The summed E-state index contributed by atoms with van der Waals surface area (Å²) >= 11 is 0. The van der Waals surface area contributed by atoms with Crippen LogP contribution < -0.4 is 5.32 Å². The van der Waals surface area contributed by atoms with Crippen molar-refractivity contribution in [3.8, 4) is 11.8 Å². The van der Waals surface area contributed by atoms with Crippen LogP contribution in [0.4, 0.5) is 10.1 Å². The monoisotopic (exact) mass is 469 g/mol. The number of nitriles is 1. The standard InChI is InChI=1S/C21H20FN7O3S/c1-14-25-26-27-29(14)20-12-17(4-7-19(20)22)24-21(30)16-8-10-28(11-9-16)33(31,32)18-5-2-15(13-23)3-6-18/h2-7,12,16H,8-11H2,1H3,(H,24,30). The van der Waals surface area contributed by atoms with Crippen LogP contribution in [0.25, 0.3) is 5.69 Å². The van der Waals surface area contributed by atoms with Crippen LogP contribution >= 0.6 is 0 Å². The Labute approximate surface area is 189 Å². The van der Waals surface area contributed by atoms with E-state index in [0.29, 0.717) is 29.9 Å². The van der Waals surface area contributed by atoms with Crippen LogP contribution in [-0.2, 0) is 14.8 Å². The van der Waals surface area contributed by atoms with Crippen molar-refractivity contribution >= 4 is 21.6 Å². The molecule has 1 aliphatic heterocycles. The fourth-order valence-corrected chi connectivity index (χ4v) is 5.13. The van der Waals surface area contributed by atoms with Gasteiger partial charge in [-0.15, -0.1) is 5.10 Å². The first-order valence-electron chi connectivity index (χ1n) is 10.2. The molecule has 170 valence electrons. The van der Waals surface area contributed by atoms with Gasteiger partial charge in [-0.05, 0) is 72.7 Å². The maximum absolute atomic E-state index is 14.2. The largest absolute Gasteiger partial charge is 0.326 e. The zero-order valence-electron chi connectivity index (χ0n) is 17.6. The molecule has 4 rings (SSSR count). The molecule has 0 spiro atoms. The highest BCUT2D eigenvalue weighted by molar-refractivity contribution is 7.89. The minimum Gasteiger partial charge on any atom is -0.326 e. The maximum Gasteiger partial charge on any atom is 0.243 e. The van der Waals surface area contributed by atoms with Gasteiger partial charge >= 0.3 is 0 Å². The zero-order chi connectivity index (χ0) is 23.6. The number of sulfonamides is 1. The molecule has 1 aromatic heterocycles. The van der Waals surface area contributed by atoms with Crippen LogP contribution in [0.2, 0.25) is 0 Å². The van der Waals surface area contributed by atoms with Gasteiger partial charge in [0.15, 0.2) is 5.82 Å². The Bertz CT molecular complexity index is 1320. The second kappa shape index (κ2) is 9.05. The van der Waals surface area contributed by atoms with E-state index in [-0.39, 0.29) is 35.5 Å². The Morgan fingerprint density at radius 3 is 2.48 bits per heavy atom. The smallest absolute Gasteiger partial charge is 0.243 e. The van der Waals surface area contributed by atoms with E-state index in [9.17, 15) is 17.6 Å². The number of aromatic nitrogens is 4. The highest BCUT2D eigenvalue weighted by Gasteiger charge is 2.32. The summed E-state index contributed by atoms with van der Waals surface area (Å²) in [7, 11) is -3.71. The third-order valence-corrected chi connectivity index (χ3v) is 7.43. The number of anilines is 1. The number of nitrogens with one attached hydrogen (secondary N) is 1. The number of amides is 1. The molecule has 1 aliphatic rings. The van der Waals surface area contributed by atoms with Crippen LogP contribution in [0.1, 0.15) is 24.2 Å². The number of carbonyl (C=O) groups excluding carboxylic acids is 1. The van der Waals surface area contributed by atoms with Crippen molar-refractivity contribution in [3.05, 3.63) is 59.7 Å². The quantitative estimate of drug-likeness (QED) is 0.604. The fraction of sp³-hybridized carbons (Fsp3) is 0.286. The molecule has 1 fully saturated rings. The summed E-state index contributed by atoms with van der Waals surface area (Å²) < 4.78 is 42.5. The zero-order valence-corrected chi connectivity index (χ0v) is 18.5. The number of benzene rings is 2. The summed E-state index contributed by atoms with van der Waals surface area (Å²) in [5.74, 6) is -0.796. The Morgan fingerprint density at radius 1 is 1.18 bits per heavy atom. The Hall–Kier alpha value is -3.69. The summed E-state index contributed by atoms with van der Waals surface area (Å²) in [6, 6.07) is 11.8. The van der Waals surface area contributed by atoms with Gasteiger partial charge in [0.05, 0.1) is 16.5 Å². The third kappa shape index (κ3) is 4.59. The van der Waals surface area contributed by atoms with Gasteiger partial charge in [0.25, 0.3) is 0 Å². The molecule has 0 aliphatic carbocycles. The van der Waals surface area contributed by atoms with Crippen LogP contribution in [0.15, 0.2) is 47.4 Å². The Balaban J connectivity index is 1.41. The van der Waals surface area contributed by atoms with E-state index < -0.39 is 15.8 Å². The van der Waals surface area contributed by atoms with Crippen molar-refractivity contribution in [3.63, 3.8) is 0 Å². The van der Waals surface area contributed by atoms with Gasteiger partial charge in [-0.1, -0.05) is 0 Å². The summed E-state index contributed by atoms with van der Waals surface area (Å²) in [6.07, 6.45) is 0.697. The first-order valence-corrected chi connectivity index (χ1v) is 11.6. The molecule has 1 N–H and O–H groups in total. The van der Waals surface area contributed by atoms with Gasteiger partial charge in [-0.25, -0.2) is 12.8 Å². The lowest BCUT2D eigenvalue weighted by Crippen LogP contribution is -2.41. The van der Waals surface area contributed by atoms with Crippen molar-refractivity contribution < 1.29 is 17.6 Å². The second-order valence-electron chi connectivity index (χ2n) is 7.61. The van der Waals surface area contributed by atoms with Crippen molar-refractivity contribution in [2.45, 2.75) is 24.7 Å². The molecule has 2 heterocycles. The molecule has 2 aromatic carbocycles. The number of hydrogen-bond donors (Lipinski definition) is 1. The van der Waals surface area contributed by atoms with E-state index >= 15 is 0 Å². The van der Waals surface area contributed by atoms with E-state index in [0.717, 1.165) is 0 Å². The molecule has 1 amide bonds.